The van der Waals surface area contributed by atoms with Crippen molar-refractivity contribution in [2.75, 3.05) is 0 Å². The number of phenolic OH excluding ortho intramolecular Hbond substituents is 1. The number of nitrogens with zero attached hydrogens (tertiary/aromatic N) is 3. The van der Waals surface area contributed by atoms with Crippen LogP contribution in [-0.4, -0.2) is 27.1 Å². The summed E-state index contributed by atoms with van der Waals surface area (Å²) in [5.74, 6) is -1.07. The van der Waals surface area contributed by atoms with Crippen molar-refractivity contribution < 1.29 is 14.8 Å². The highest BCUT2D eigenvalue weighted by Crippen LogP contribution is 2.32. The second-order valence-corrected chi connectivity index (χ2v) is 6.08. The van der Waals surface area contributed by atoms with E-state index < -0.39 is 22.3 Å². The Morgan fingerprint density at radius 2 is 2.07 bits per heavy atom. The first-order chi connectivity index (χ1) is 12.9. The minimum absolute atomic E-state index is 0.00488. The molecule has 2 aromatic carbocycles. The Balaban J connectivity index is 1.88. The molecule has 0 aliphatic heterocycles. The summed E-state index contributed by atoms with van der Waals surface area (Å²) in [4.78, 5) is 27.0. The number of carbonyl (C=O) groups is 1. The summed E-state index contributed by atoms with van der Waals surface area (Å²) >= 11 is 5.81. The normalized spacial score (nSPS) is 11.0. The van der Waals surface area contributed by atoms with Crippen LogP contribution in [0.5, 0.6) is 5.75 Å². The average Bonchev–Trinajstić information content (AvgIpc) is 2.63. The van der Waals surface area contributed by atoms with Gasteiger partial charge >= 0.3 is 5.69 Å². The summed E-state index contributed by atoms with van der Waals surface area (Å²) in [6.07, 6.45) is 1.09. The maximum atomic E-state index is 12.5. The summed E-state index contributed by atoms with van der Waals surface area (Å²) in [5, 5.41) is 25.3. The number of hydrogen-bond donors (Lipinski definition) is 2. The van der Waals surface area contributed by atoms with Crippen molar-refractivity contribution in [1.82, 2.24) is 10.4 Å². The number of aromatic nitrogens is 1. The lowest BCUT2D eigenvalue weighted by Gasteiger charge is -2.06. The molecular formula is C18H13ClN4O4. The molecule has 0 radical (unpaired) electrons. The van der Waals surface area contributed by atoms with Crippen LogP contribution in [-0.2, 0) is 0 Å². The molecule has 0 saturated heterocycles. The number of hydrazone groups is 1. The van der Waals surface area contributed by atoms with Gasteiger partial charge in [-0.1, -0.05) is 29.8 Å². The van der Waals surface area contributed by atoms with Gasteiger partial charge in [-0.2, -0.15) is 5.10 Å². The maximum Gasteiger partial charge on any atom is 0.312 e. The molecule has 0 atom stereocenters. The van der Waals surface area contributed by atoms with Crippen molar-refractivity contribution in [3.8, 4) is 5.75 Å². The molecular weight excluding hydrogens is 372 g/mol. The van der Waals surface area contributed by atoms with Crippen molar-refractivity contribution >= 4 is 40.3 Å². The number of nitro benzene ring substituents is 1. The van der Waals surface area contributed by atoms with Gasteiger partial charge in [-0.3, -0.25) is 19.9 Å². The highest BCUT2D eigenvalue weighted by molar-refractivity contribution is 6.31. The molecule has 3 aromatic rings. The number of fused-ring (bicyclic) bond motifs is 1. The molecule has 0 spiro atoms. The van der Waals surface area contributed by atoms with E-state index in [1.165, 1.54) is 6.07 Å². The molecule has 2 N–H and O–H groups in total. The molecule has 1 heterocycles. The molecule has 3 rings (SSSR count). The van der Waals surface area contributed by atoms with Crippen LogP contribution in [0.4, 0.5) is 5.69 Å². The van der Waals surface area contributed by atoms with E-state index in [4.69, 9.17) is 11.6 Å². The number of pyridine rings is 1. The zero-order chi connectivity index (χ0) is 19.6. The number of amides is 1. The molecule has 136 valence electrons. The number of hydrogen-bond acceptors (Lipinski definition) is 6. The van der Waals surface area contributed by atoms with E-state index in [0.717, 1.165) is 12.3 Å². The van der Waals surface area contributed by atoms with Crippen LogP contribution in [0.15, 0.2) is 47.6 Å². The van der Waals surface area contributed by atoms with Gasteiger partial charge < -0.3 is 5.11 Å². The van der Waals surface area contributed by atoms with Crippen molar-refractivity contribution in [1.29, 1.82) is 0 Å². The number of aryl methyl sites for hydroxylation is 1. The Morgan fingerprint density at radius 1 is 1.33 bits per heavy atom. The number of halogens is 1. The Morgan fingerprint density at radius 3 is 2.81 bits per heavy atom. The van der Waals surface area contributed by atoms with Crippen LogP contribution in [0.1, 0.15) is 21.6 Å². The van der Waals surface area contributed by atoms with Gasteiger partial charge in [0.2, 0.25) is 5.75 Å². The number of para-hydroxylation sites is 1. The minimum atomic E-state index is -0.761. The molecule has 0 bridgehead atoms. The zero-order valence-corrected chi connectivity index (χ0v) is 14.8. The molecule has 27 heavy (non-hydrogen) atoms. The van der Waals surface area contributed by atoms with E-state index in [1.807, 2.05) is 6.07 Å². The SMILES string of the molecule is Cc1cc(C(=O)N/N=C\c2cc(Cl)cc([N+](=O)[O-])c2O)c2ccccc2n1. The van der Waals surface area contributed by atoms with Crippen LogP contribution < -0.4 is 5.43 Å². The summed E-state index contributed by atoms with van der Waals surface area (Å²) in [5.41, 5.74) is 3.53. The number of nitrogens with one attached hydrogen (secondary N) is 1. The number of carbonyl (C=O) groups excluding carboxylic acids is 1. The van der Waals surface area contributed by atoms with Gasteiger partial charge in [0.25, 0.3) is 5.91 Å². The summed E-state index contributed by atoms with van der Waals surface area (Å²) < 4.78 is 0. The van der Waals surface area contributed by atoms with Gasteiger partial charge in [0.1, 0.15) is 0 Å². The fraction of sp³-hybridized carbons (Fsp3) is 0.0556. The molecule has 0 fully saturated rings. The minimum Gasteiger partial charge on any atom is -0.502 e. The summed E-state index contributed by atoms with van der Waals surface area (Å²) in [6.45, 7) is 1.77. The van der Waals surface area contributed by atoms with Gasteiger partial charge in [-0.05, 0) is 25.1 Å². The molecule has 0 saturated carbocycles. The highest BCUT2D eigenvalue weighted by Gasteiger charge is 2.18. The van der Waals surface area contributed by atoms with E-state index in [0.29, 0.717) is 22.2 Å². The third-order valence-corrected chi connectivity index (χ3v) is 3.96. The van der Waals surface area contributed by atoms with Gasteiger partial charge in [-0.15, -0.1) is 0 Å². The zero-order valence-electron chi connectivity index (χ0n) is 14.0. The second kappa shape index (κ2) is 7.38. The van der Waals surface area contributed by atoms with Crippen molar-refractivity contribution in [2.45, 2.75) is 6.92 Å². The van der Waals surface area contributed by atoms with Crippen LogP contribution in [0.3, 0.4) is 0 Å². The molecule has 0 aliphatic rings. The fourth-order valence-corrected chi connectivity index (χ4v) is 2.78. The Hall–Kier alpha value is -3.52. The van der Waals surface area contributed by atoms with Crippen LogP contribution in [0, 0.1) is 17.0 Å². The largest absolute Gasteiger partial charge is 0.502 e. The van der Waals surface area contributed by atoms with Gasteiger partial charge in [0, 0.05) is 27.7 Å². The molecule has 1 amide bonds. The number of rotatable bonds is 4. The first-order valence-corrected chi connectivity index (χ1v) is 8.11. The topological polar surface area (TPSA) is 118 Å². The summed E-state index contributed by atoms with van der Waals surface area (Å²) in [6, 6.07) is 11.1. The van der Waals surface area contributed by atoms with Gasteiger partial charge in [0.05, 0.1) is 22.2 Å². The average molecular weight is 385 g/mol. The van der Waals surface area contributed by atoms with Crippen LogP contribution in [0.25, 0.3) is 10.9 Å². The van der Waals surface area contributed by atoms with E-state index in [2.05, 4.69) is 15.5 Å². The third-order valence-electron chi connectivity index (χ3n) is 3.74. The quantitative estimate of drug-likeness (QED) is 0.405. The van der Waals surface area contributed by atoms with Crippen molar-refractivity contribution in [2.24, 2.45) is 5.10 Å². The second-order valence-electron chi connectivity index (χ2n) is 5.65. The molecule has 1 aromatic heterocycles. The fourth-order valence-electron chi connectivity index (χ4n) is 2.56. The predicted molar refractivity (Wildman–Crippen MR) is 101 cm³/mol. The first-order valence-electron chi connectivity index (χ1n) is 7.73. The van der Waals surface area contributed by atoms with Crippen LogP contribution in [0.2, 0.25) is 5.02 Å². The first kappa shape index (κ1) is 18.3. The Kier molecular flexibility index (Phi) is 5.00. The van der Waals surface area contributed by atoms with E-state index in [9.17, 15) is 20.0 Å². The van der Waals surface area contributed by atoms with E-state index in [-0.39, 0.29) is 10.6 Å². The standard InChI is InChI=1S/C18H13ClN4O4/c1-10-6-14(13-4-2-3-5-15(13)21-10)18(25)22-20-9-11-7-12(19)8-16(17(11)24)23(26)27/h2-9,24H,1H3,(H,22,25)/b20-9-. The van der Waals surface area contributed by atoms with Gasteiger partial charge in [0.15, 0.2) is 0 Å². The van der Waals surface area contributed by atoms with E-state index in [1.54, 1.807) is 31.2 Å². The highest BCUT2D eigenvalue weighted by atomic mass is 35.5. The monoisotopic (exact) mass is 384 g/mol. The number of aromatic hydroxyl groups is 1. The van der Waals surface area contributed by atoms with Crippen LogP contribution >= 0.6 is 11.6 Å². The predicted octanol–water partition coefficient (Wildman–Crippen LogP) is 3.57. The Bertz CT molecular complexity index is 1100. The summed E-state index contributed by atoms with van der Waals surface area (Å²) in [7, 11) is 0. The lowest BCUT2D eigenvalue weighted by Crippen LogP contribution is -2.18. The Labute approximate surface area is 158 Å². The molecule has 8 nitrogen and oxygen atoms in total. The van der Waals surface area contributed by atoms with Gasteiger partial charge in [-0.25, -0.2) is 5.43 Å². The molecule has 0 aliphatic carbocycles. The van der Waals surface area contributed by atoms with Crippen molar-refractivity contribution in [3.63, 3.8) is 0 Å². The number of nitro groups is 1. The molecule has 9 heteroatoms. The molecule has 0 unspecified atom stereocenters. The number of phenols is 1. The van der Waals surface area contributed by atoms with E-state index >= 15 is 0 Å². The maximum absolute atomic E-state index is 12.5. The lowest BCUT2D eigenvalue weighted by atomic mass is 10.1. The smallest absolute Gasteiger partial charge is 0.312 e. The lowest BCUT2D eigenvalue weighted by molar-refractivity contribution is -0.385. The van der Waals surface area contributed by atoms with Crippen molar-refractivity contribution in [3.05, 3.63) is 74.4 Å². The third kappa shape index (κ3) is 3.85. The number of benzene rings is 2.